The standard InChI is InChI=1S/C18H18FN5O2/c1-2-26-15-6-4-3-5-14(15)24-17(20)16(22-23-24)18(25)21-11-12-7-9-13(19)10-8-12/h3-10H,2,11,20H2,1H3,(H,21,25). The molecule has 0 unspecified atom stereocenters. The van der Waals surface area contributed by atoms with Gasteiger partial charge in [0.15, 0.2) is 11.5 Å². The van der Waals surface area contributed by atoms with Crippen molar-refractivity contribution in [2.45, 2.75) is 13.5 Å². The largest absolute Gasteiger partial charge is 0.492 e. The van der Waals surface area contributed by atoms with E-state index in [0.29, 0.717) is 18.0 Å². The van der Waals surface area contributed by atoms with Crippen molar-refractivity contribution in [1.82, 2.24) is 20.3 Å². The molecule has 1 heterocycles. The van der Waals surface area contributed by atoms with Crippen LogP contribution in [-0.4, -0.2) is 27.5 Å². The van der Waals surface area contributed by atoms with Gasteiger partial charge in [-0.2, -0.15) is 4.68 Å². The third-order valence-electron chi connectivity index (χ3n) is 3.68. The molecule has 1 amide bonds. The fourth-order valence-electron chi connectivity index (χ4n) is 2.41. The maximum Gasteiger partial charge on any atom is 0.275 e. The number of carbonyl (C=O) groups excluding carboxylic acids is 1. The third-order valence-corrected chi connectivity index (χ3v) is 3.68. The molecule has 134 valence electrons. The van der Waals surface area contributed by atoms with E-state index in [0.717, 1.165) is 5.56 Å². The first-order chi connectivity index (χ1) is 12.6. The molecule has 1 aromatic heterocycles. The second kappa shape index (κ2) is 7.64. The second-order valence-electron chi connectivity index (χ2n) is 5.44. The van der Waals surface area contributed by atoms with Crippen molar-refractivity contribution < 1.29 is 13.9 Å². The summed E-state index contributed by atoms with van der Waals surface area (Å²) in [6.45, 7) is 2.58. The maximum absolute atomic E-state index is 12.9. The highest BCUT2D eigenvalue weighted by Crippen LogP contribution is 2.25. The van der Waals surface area contributed by atoms with E-state index in [1.165, 1.54) is 16.8 Å². The Morgan fingerprint density at radius 2 is 1.96 bits per heavy atom. The van der Waals surface area contributed by atoms with Crippen molar-refractivity contribution in [1.29, 1.82) is 0 Å². The lowest BCUT2D eigenvalue weighted by molar-refractivity contribution is 0.0946. The minimum absolute atomic E-state index is 0.0124. The Labute approximate surface area is 149 Å². The van der Waals surface area contributed by atoms with E-state index in [1.807, 2.05) is 19.1 Å². The van der Waals surface area contributed by atoms with Gasteiger partial charge in [-0.1, -0.05) is 29.5 Å². The number of amides is 1. The van der Waals surface area contributed by atoms with E-state index in [9.17, 15) is 9.18 Å². The van der Waals surface area contributed by atoms with Gasteiger partial charge in [0.1, 0.15) is 17.3 Å². The summed E-state index contributed by atoms with van der Waals surface area (Å²) in [6.07, 6.45) is 0. The molecule has 0 aliphatic heterocycles. The highest BCUT2D eigenvalue weighted by atomic mass is 19.1. The number of hydrogen-bond donors (Lipinski definition) is 2. The molecule has 0 spiro atoms. The van der Waals surface area contributed by atoms with E-state index >= 15 is 0 Å². The van der Waals surface area contributed by atoms with Crippen LogP contribution in [0, 0.1) is 5.82 Å². The Morgan fingerprint density at radius 3 is 2.69 bits per heavy atom. The summed E-state index contributed by atoms with van der Waals surface area (Å²) < 4.78 is 19.8. The summed E-state index contributed by atoms with van der Waals surface area (Å²) in [5.74, 6) is -0.106. The van der Waals surface area contributed by atoms with Crippen LogP contribution < -0.4 is 15.8 Å². The number of benzene rings is 2. The smallest absolute Gasteiger partial charge is 0.275 e. The van der Waals surface area contributed by atoms with Crippen LogP contribution in [0.2, 0.25) is 0 Å². The van der Waals surface area contributed by atoms with Crippen molar-refractivity contribution in [2.75, 3.05) is 12.3 Å². The average Bonchev–Trinajstić information content (AvgIpc) is 3.03. The summed E-state index contributed by atoms with van der Waals surface area (Å²) in [5.41, 5.74) is 7.43. The zero-order chi connectivity index (χ0) is 18.5. The Morgan fingerprint density at radius 1 is 1.23 bits per heavy atom. The zero-order valence-corrected chi connectivity index (χ0v) is 14.1. The van der Waals surface area contributed by atoms with Gasteiger partial charge in [0.2, 0.25) is 0 Å². The zero-order valence-electron chi connectivity index (χ0n) is 14.1. The van der Waals surface area contributed by atoms with Gasteiger partial charge in [-0.05, 0) is 36.8 Å². The minimum atomic E-state index is -0.466. The van der Waals surface area contributed by atoms with Crippen molar-refractivity contribution in [2.24, 2.45) is 0 Å². The molecule has 3 aromatic rings. The number of halogens is 1. The van der Waals surface area contributed by atoms with Crippen LogP contribution >= 0.6 is 0 Å². The number of anilines is 1. The molecule has 2 aromatic carbocycles. The van der Waals surface area contributed by atoms with Crippen molar-refractivity contribution in [3.63, 3.8) is 0 Å². The van der Waals surface area contributed by atoms with E-state index in [1.54, 1.807) is 24.3 Å². The Bertz CT molecular complexity index is 908. The number of nitrogens with one attached hydrogen (secondary N) is 1. The monoisotopic (exact) mass is 355 g/mol. The van der Waals surface area contributed by atoms with Gasteiger partial charge in [-0.25, -0.2) is 4.39 Å². The van der Waals surface area contributed by atoms with E-state index in [4.69, 9.17) is 10.5 Å². The number of nitrogens with zero attached hydrogens (tertiary/aromatic N) is 3. The fourth-order valence-corrected chi connectivity index (χ4v) is 2.41. The fraction of sp³-hybridized carbons (Fsp3) is 0.167. The Balaban J connectivity index is 1.78. The molecule has 7 nitrogen and oxygen atoms in total. The van der Waals surface area contributed by atoms with Gasteiger partial charge < -0.3 is 15.8 Å². The third kappa shape index (κ3) is 3.64. The molecule has 0 atom stereocenters. The predicted molar refractivity (Wildman–Crippen MR) is 94.5 cm³/mol. The molecule has 0 bridgehead atoms. The van der Waals surface area contributed by atoms with Crippen LogP contribution in [0.5, 0.6) is 5.75 Å². The maximum atomic E-state index is 12.9. The first-order valence-electron chi connectivity index (χ1n) is 8.06. The van der Waals surface area contributed by atoms with Crippen molar-refractivity contribution in [3.8, 4) is 11.4 Å². The van der Waals surface area contributed by atoms with Gasteiger partial charge in [0.25, 0.3) is 5.91 Å². The SMILES string of the molecule is CCOc1ccccc1-n1nnc(C(=O)NCc2ccc(F)cc2)c1N. The summed E-state index contributed by atoms with van der Waals surface area (Å²) >= 11 is 0. The van der Waals surface area contributed by atoms with Crippen LogP contribution in [-0.2, 0) is 6.54 Å². The van der Waals surface area contributed by atoms with E-state index in [-0.39, 0.29) is 23.9 Å². The van der Waals surface area contributed by atoms with Crippen LogP contribution in [0.15, 0.2) is 48.5 Å². The first-order valence-corrected chi connectivity index (χ1v) is 8.06. The van der Waals surface area contributed by atoms with Gasteiger partial charge in [0.05, 0.1) is 6.61 Å². The molecule has 0 radical (unpaired) electrons. The van der Waals surface area contributed by atoms with Gasteiger partial charge in [-0.15, -0.1) is 5.10 Å². The topological polar surface area (TPSA) is 95.1 Å². The van der Waals surface area contributed by atoms with Crippen LogP contribution in [0.3, 0.4) is 0 Å². The normalized spacial score (nSPS) is 10.5. The lowest BCUT2D eigenvalue weighted by Gasteiger charge is -2.10. The van der Waals surface area contributed by atoms with E-state index in [2.05, 4.69) is 15.6 Å². The second-order valence-corrected chi connectivity index (χ2v) is 5.44. The molecule has 0 saturated heterocycles. The number of para-hydroxylation sites is 2. The molecular formula is C18H18FN5O2. The quantitative estimate of drug-likeness (QED) is 0.707. The summed E-state index contributed by atoms with van der Waals surface area (Å²) in [5, 5.41) is 10.5. The number of nitrogens with two attached hydrogens (primary N) is 1. The molecule has 0 saturated carbocycles. The number of hydrogen-bond acceptors (Lipinski definition) is 5. The molecule has 3 N–H and O–H groups in total. The molecule has 8 heteroatoms. The lowest BCUT2D eigenvalue weighted by atomic mass is 10.2. The number of nitrogen functional groups attached to an aromatic ring is 1. The van der Waals surface area contributed by atoms with Gasteiger partial charge in [0, 0.05) is 6.54 Å². The predicted octanol–water partition coefficient (Wildman–Crippen LogP) is 2.32. The molecular weight excluding hydrogens is 337 g/mol. The summed E-state index contributed by atoms with van der Waals surface area (Å²) in [6, 6.07) is 13.0. The molecule has 0 aliphatic carbocycles. The Kier molecular flexibility index (Phi) is 5.12. The Hall–Kier alpha value is -3.42. The van der Waals surface area contributed by atoms with Gasteiger partial charge in [-0.3, -0.25) is 4.79 Å². The summed E-state index contributed by atoms with van der Waals surface area (Å²) in [4.78, 5) is 12.3. The average molecular weight is 355 g/mol. The van der Waals surface area contributed by atoms with Crippen molar-refractivity contribution in [3.05, 3.63) is 65.6 Å². The molecule has 0 aliphatic rings. The van der Waals surface area contributed by atoms with E-state index < -0.39 is 5.91 Å². The summed E-state index contributed by atoms with van der Waals surface area (Å²) in [7, 11) is 0. The van der Waals surface area contributed by atoms with Gasteiger partial charge >= 0.3 is 0 Å². The van der Waals surface area contributed by atoms with Crippen LogP contribution in [0.1, 0.15) is 23.0 Å². The molecule has 0 fully saturated rings. The number of carbonyl (C=O) groups is 1. The number of aromatic nitrogens is 3. The first kappa shape index (κ1) is 17.4. The molecule has 26 heavy (non-hydrogen) atoms. The van der Waals surface area contributed by atoms with Crippen LogP contribution in [0.25, 0.3) is 5.69 Å². The lowest BCUT2D eigenvalue weighted by Crippen LogP contribution is -2.24. The van der Waals surface area contributed by atoms with Crippen molar-refractivity contribution >= 4 is 11.7 Å². The highest BCUT2D eigenvalue weighted by molar-refractivity contribution is 5.96. The highest BCUT2D eigenvalue weighted by Gasteiger charge is 2.19. The van der Waals surface area contributed by atoms with Crippen LogP contribution in [0.4, 0.5) is 10.2 Å². The number of rotatable bonds is 6. The molecule has 3 rings (SSSR count). The minimum Gasteiger partial charge on any atom is -0.492 e. The number of ether oxygens (including phenoxy) is 1.